The van der Waals surface area contributed by atoms with Crippen LogP contribution in [-0.4, -0.2) is 29.4 Å². The third-order valence-electron chi connectivity index (χ3n) is 4.57. The van der Waals surface area contributed by atoms with Gasteiger partial charge in [-0.1, -0.05) is 31.2 Å². The molecule has 0 aliphatic carbocycles. The predicted molar refractivity (Wildman–Crippen MR) is 101 cm³/mol. The van der Waals surface area contributed by atoms with Gasteiger partial charge in [-0.2, -0.15) is 0 Å². The van der Waals surface area contributed by atoms with Gasteiger partial charge in [0.05, 0.1) is 0 Å². The van der Waals surface area contributed by atoms with E-state index in [1.54, 1.807) is 6.92 Å². The molecule has 2 aromatic rings. The Kier molecular flexibility index (Phi) is 5.56. The van der Waals surface area contributed by atoms with E-state index >= 15 is 0 Å². The molecule has 0 fully saturated rings. The summed E-state index contributed by atoms with van der Waals surface area (Å²) >= 11 is 0. The molecule has 5 nitrogen and oxygen atoms in total. The molecule has 3 rings (SSSR count). The second kappa shape index (κ2) is 8.04. The second-order valence-corrected chi connectivity index (χ2v) is 6.46. The maximum atomic E-state index is 12.4. The Bertz CT molecular complexity index is 789. The molecule has 0 bridgehead atoms. The highest BCUT2D eigenvalue weighted by molar-refractivity contribution is 5.94. The lowest BCUT2D eigenvalue weighted by Gasteiger charge is -2.29. The van der Waals surface area contributed by atoms with E-state index in [0.29, 0.717) is 18.7 Å². The Balaban J connectivity index is 1.65. The van der Waals surface area contributed by atoms with Gasteiger partial charge in [0, 0.05) is 25.2 Å². The summed E-state index contributed by atoms with van der Waals surface area (Å²) in [4.78, 5) is 26.2. The summed E-state index contributed by atoms with van der Waals surface area (Å²) < 4.78 is 5.66. The summed E-state index contributed by atoms with van der Waals surface area (Å²) in [7, 11) is 0. The number of para-hydroxylation sites is 1. The molecule has 0 radical (unpaired) electrons. The van der Waals surface area contributed by atoms with E-state index in [-0.39, 0.29) is 11.8 Å². The van der Waals surface area contributed by atoms with Crippen LogP contribution in [0.1, 0.15) is 31.4 Å². The Morgan fingerprint density at radius 2 is 1.92 bits per heavy atom. The van der Waals surface area contributed by atoms with Gasteiger partial charge in [-0.3, -0.25) is 9.59 Å². The summed E-state index contributed by atoms with van der Waals surface area (Å²) in [5.74, 6) is 0.621. The van der Waals surface area contributed by atoms with Gasteiger partial charge in [-0.15, -0.1) is 0 Å². The lowest BCUT2D eigenvalue weighted by Crippen LogP contribution is -2.35. The number of nitrogens with zero attached hydrogens (tertiary/aromatic N) is 1. The number of hydrogen-bond acceptors (Lipinski definition) is 3. The van der Waals surface area contributed by atoms with Gasteiger partial charge in [0.1, 0.15) is 5.75 Å². The van der Waals surface area contributed by atoms with Crippen LogP contribution < -0.4 is 10.1 Å². The number of nitrogens with one attached hydrogen (secondary N) is 1. The molecule has 1 atom stereocenters. The lowest BCUT2D eigenvalue weighted by atomic mass is 9.98. The SMILES string of the molecule is CCC(=O)N1CCc2ccc(NC(=O)C(C)Oc3ccccc3)cc2C1. The molecule has 0 saturated carbocycles. The van der Waals surface area contributed by atoms with Gasteiger partial charge in [0.25, 0.3) is 5.91 Å². The first-order valence-electron chi connectivity index (χ1n) is 8.99. The van der Waals surface area contributed by atoms with E-state index in [4.69, 9.17) is 4.74 Å². The number of carbonyl (C=O) groups is 2. The number of hydrogen-bond donors (Lipinski definition) is 1. The van der Waals surface area contributed by atoms with Crippen molar-refractivity contribution < 1.29 is 14.3 Å². The summed E-state index contributed by atoms with van der Waals surface area (Å²) in [6, 6.07) is 15.2. The number of carbonyl (C=O) groups excluding carboxylic acids is 2. The van der Waals surface area contributed by atoms with Crippen molar-refractivity contribution in [3.8, 4) is 5.75 Å². The minimum Gasteiger partial charge on any atom is -0.481 e. The zero-order valence-corrected chi connectivity index (χ0v) is 15.2. The van der Waals surface area contributed by atoms with Crippen LogP contribution in [0.4, 0.5) is 5.69 Å². The molecule has 0 spiro atoms. The highest BCUT2D eigenvalue weighted by Crippen LogP contribution is 2.23. The maximum Gasteiger partial charge on any atom is 0.265 e. The van der Waals surface area contributed by atoms with Crippen LogP contribution in [0, 0.1) is 0 Å². The van der Waals surface area contributed by atoms with Crippen LogP contribution in [0.25, 0.3) is 0 Å². The van der Waals surface area contributed by atoms with Crippen LogP contribution >= 0.6 is 0 Å². The van der Waals surface area contributed by atoms with Crippen molar-refractivity contribution in [2.24, 2.45) is 0 Å². The fraction of sp³-hybridized carbons (Fsp3) is 0.333. The highest BCUT2D eigenvalue weighted by atomic mass is 16.5. The minimum atomic E-state index is -0.605. The number of amides is 2. The van der Waals surface area contributed by atoms with E-state index in [1.807, 2.05) is 60.4 Å². The second-order valence-electron chi connectivity index (χ2n) is 6.46. The molecule has 1 aliphatic rings. The van der Waals surface area contributed by atoms with E-state index in [2.05, 4.69) is 5.32 Å². The van der Waals surface area contributed by atoms with Gasteiger partial charge in [0.2, 0.25) is 5.91 Å². The fourth-order valence-corrected chi connectivity index (χ4v) is 3.07. The van der Waals surface area contributed by atoms with Crippen molar-refractivity contribution in [2.75, 3.05) is 11.9 Å². The third-order valence-corrected chi connectivity index (χ3v) is 4.57. The largest absolute Gasteiger partial charge is 0.481 e. The molecule has 26 heavy (non-hydrogen) atoms. The molecule has 1 N–H and O–H groups in total. The average Bonchev–Trinajstić information content (AvgIpc) is 2.67. The number of fused-ring (bicyclic) bond motifs is 1. The fourth-order valence-electron chi connectivity index (χ4n) is 3.07. The predicted octanol–water partition coefficient (Wildman–Crippen LogP) is 3.39. The molecule has 5 heteroatoms. The minimum absolute atomic E-state index is 0.162. The molecule has 2 amide bonds. The molecule has 1 unspecified atom stereocenters. The number of rotatable bonds is 5. The quantitative estimate of drug-likeness (QED) is 0.897. The molecular formula is C21H24N2O3. The van der Waals surface area contributed by atoms with E-state index < -0.39 is 6.10 Å². The van der Waals surface area contributed by atoms with Crippen LogP contribution in [0.2, 0.25) is 0 Å². The molecule has 0 aromatic heterocycles. The molecule has 0 saturated heterocycles. The van der Waals surface area contributed by atoms with Gasteiger partial charge >= 0.3 is 0 Å². The first-order chi connectivity index (χ1) is 12.6. The van der Waals surface area contributed by atoms with Crippen molar-refractivity contribution in [3.05, 3.63) is 59.7 Å². The Labute approximate surface area is 154 Å². The van der Waals surface area contributed by atoms with Crippen molar-refractivity contribution >= 4 is 17.5 Å². The third kappa shape index (κ3) is 4.23. The summed E-state index contributed by atoms with van der Waals surface area (Å²) in [5.41, 5.74) is 3.05. The topological polar surface area (TPSA) is 58.6 Å². The van der Waals surface area contributed by atoms with Gasteiger partial charge in [-0.05, 0) is 48.7 Å². The Morgan fingerprint density at radius 1 is 1.15 bits per heavy atom. The highest BCUT2D eigenvalue weighted by Gasteiger charge is 2.21. The zero-order chi connectivity index (χ0) is 18.5. The van der Waals surface area contributed by atoms with E-state index in [1.165, 1.54) is 5.56 Å². The van der Waals surface area contributed by atoms with Crippen LogP contribution in [0.15, 0.2) is 48.5 Å². The Morgan fingerprint density at radius 3 is 2.65 bits per heavy atom. The summed E-state index contributed by atoms with van der Waals surface area (Å²) in [6.45, 7) is 4.96. The normalized spacial score (nSPS) is 14.3. The maximum absolute atomic E-state index is 12.4. The number of anilines is 1. The summed E-state index contributed by atoms with van der Waals surface area (Å²) in [5, 5.41) is 2.90. The van der Waals surface area contributed by atoms with Crippen molar-refractivity contribution in [3.63, 3.8) is 0 Å². The molecule has 136 valence electrons. The van der Waals surface area contributed by atoms with Gasteiger partial charge in [0.15, 0.2) is 6.10 Å². The first kappa shape index (κ1) is 18.0. The molecule has 2 aromatic carbocycles. The molecule has 1 aliphatic heterocycles. The van der Waals surface area contributed by atoms with Crippen LogP contribution in [-0.2, 0) is 22.6 Å². The number of benzene rings is 2. The van der Waals surface area contributed by atoms with E-state index in [9.17, 15) is 9.59 Å². The van der Waals surface area contributed by atoms with Crippen molar-refractivity contribution in [2.45, 2.75) is 39.3 Å². The molecule has 1 heterocycles. The smallest absolute Gasteiger partial charge is 0.265 e. The average molecular weight is 352 g/mol. The number of ether oxygens (including phenoxy) is 1. The van der Waals surface area contributed by atoms with Crippen molar-refractivity contribution in [1.29, 1.82) is 0 Å². The lowest BCUT2D eigenvalue weighted by molar-refractivity contribution is -0.131. The molecular weight excluding hydrogens is 328 g/mol. The van der Waals surface area contributed by atoms with Gasteiger partial charge < -0.3 is 15.0 Å². The van der Waals surface area contributed by atoms with Crippen LogP contribution in [0.5, 0.6) is 5.75 Å². The van der Waals surface area contributed by atoms with E-state index in [0.717, 1.165) is 24.2 Å². The summed E-state index contributed by atoms with van der Waals surface area (Å²) in [6.07, 6.45) is 0.759. The first-order valence-corrected chi connectivity index (χ1v) is 8.99. The monoisotopic (exact) mass is 352 g/mol. The van der Waals surface area contributed by atoms with Crippen LogP contribution in [0.3, 0.4) is 0 Å². The zero-order valence-electron chi connectivity index (χ0n) is 15.2. The Hall–Kier alpha value is -2.82. The standard InChI is InChI=1S/C21H24N2O3/c1-3-20(24)23-12-11-16-9-10-18(13-17(16)14-23)22-21(25)15(2)26-19-7-5-4-6-8-19/h4-10,13,15H,3,11-12,14H2,1-2H3,(H,22,25). The van der Waals surface area contributed by atoms with Gasteiger partial charge in [-0.25, -0.2) is 0 Å². The van der Waals surface area contributed by atoms with Crippen molar-refractivity contribution in [1.82, 2.24) is 4.90 Å².